The van der Waals surface area contributed by atoms with Gasteiger partial charge in [-0.05, 0) is 31.5 Å². The van der Waals surface area contributed by atoms with Crippen molar-refractivity contribution in [2.75, 3.05) is 6.54 Å². The quantitative estimate of drug-likeness (QED) is 0.677. The lowest BCUT2D eigenvalue weighted by molar-refractivity contribution is -0.385. The molecule has 1 aliphatic heterocycles. The molecular formula is C12H13ClN2O4. The molecule has 7 heteroatoms. The van der Waals surface area contributed by atoms with Gasteiger partial charge in [0.15, 0.2) is 0 Å². The van der Waals surface area contributed by atoms with Crippen molar-refractivity contribution in [1.29, 1.82) is 0 Å². The third-order valence-electron chi connectivity index (χ3n) is 3.26. The zero-order chi connectivity index (χ0) is 14.0. The van der Waals surface area contributed by atoms with Crippen molar-refractivity contribution in [2.24, 2.45) is 0 Å². The Balaban J connectivity index is 2.25. The first kappa shape index (κ1) is 13.8. The highest BCUT2D eigenvalue weighted by Crippen LogP contribution is 2.27. The minimum absolute atomic E-state index is 0.0274. The highest BCUT2D eigenvalue weighted by molar-refractivity contribution is 6.30. The molecular weight excluding hydrogens is 272 g/mol. The zero-order valence-electron chi connectivity index (χ0n) is 10.1. The Labute approximate surface area is 114 Å². The average Bonchev–Trinajstić information content (AvgIpc) is 2.76. The van der Waals surface area contributed by atoms with E-state index in [9.17, 15) is 14.9 Å². The van der Waals surface area contributed by atoms with E-state index in [0.29, 0.717) is 23.6 Å². The molecule has 1 aliphatic rings. The Morgan fingerprint density at radius 2 is 2.32 bits per heavy atom. The molecule has 0 amide bonds. The molecule has 0 aromatic heterocycles. The molecule has 0 saturated carbocycles. The predicted molar refractivity (Wildman–Crippen MR) is 69.2 cm³/mol. The van der Waals surface area contributed by atoms with Gasteiger partial charge < -0.3 is 5.11 Å². The van der Waals surface area contributed by atoms with Crippen LogP contribution in [0.3, 0.4) is 0 Å². The summed E-state index contributed by atoms with van der Waals surface area (Å²) in [6.45, 7) is 0.856. The minimum Gasteiger partial charge on any atom is -0.480 e. The molecule has 0 spiro atoms. The van der Waals surface area contributed by atoms with Crippen molar-refractivity contribution in [3.63, 3.8) is 0 Å². The SMILES string of the molecule is O=C(O)C1CCCN1Cc1cc(Cl)ccc1[N+](=O)[O-]. The molecule has 0 radical (unpaired) electrons. The second-order valence-corrected chi connectivity index (χ2v) is 4.93. The van der Waals surface area contributed by atoms with Gasteiger partial charge in [-0.15, -0.1) is 0 Å². The number of nitrogens with zero attached hydrogens (tertiary/aromatic N) is 2. The van der Waals surface area contributed by atoms with Crippen molar-refractivity contribution in [3.8, 4) is 0 Å². The molecule has 1 heterocycles. The van der Waals surface area contributed by atoms with E-state index in [1.165, 1.54) is 18.2 Å². The molecule has 102 valence electrons. The molecule has 1 atom stereocenters. The van der Waals surface area contributed by atoms with E-state index in [2.05, 4.69) is 0 Å². The van der Waals surface area contributed by atoms with Crippen LogP contribution in [0.5, 0.6) is 0 Å². The van der Waals surface area contributed by atoms with Gasteiger partial charge in [-0.1, -0.05) is 11.6 Å². The van der Waals surface area contributed by atoms with E-state index in [1.807, 2.05) is 0 Å². The first-order chi connectivity index (χ1) is 8.99. The van der Waals surface area contributed by atoms with Gasteiger partial charge in [-0.3, -0.25) is 19.8 Å². The van der Waals surface area contributed by atoms with Crippen LogP contribution in [0.4, 0.5) is 5.69 Å². The number of rotatable bonds is 4. The number of carbonyl (C=O) groups is 1. The third kappa shape index (κ3) is 3.02. The lowest BCUT2D eigenvalue weighted by Gasteiger charge is -2.20. The molecule has 1 aromatic rings. The average molecular weight is 285 g/mol. The van der Waals surface area contributed by atoms with E-state index in [4.69, 9.17) is 16.7 Å². The number of aliphatic carboxylic acids is 1. The van der Waals surface area contributed by atoms with Crippen molar-refractivity contribution < 1.29 is 14.8 Å². The van der Waals surface area contributed by atoms with Crippen molar-refractivity contribution in [2.45, 2.75) is 25.4 Å². The van der Waals surface area contributed by atoms with Gasteiger partial charge in [0.25, 0.3) is 5.69 Å². The largest absolute Gasteiger partial charge is 0.480 e. The topological polar surface area (TPSA) is 83.7 Å². The molecule has 1 fully saturated rings. The molecule has 0 aliphatic carbocycles. The van der Waals surface area contributed by atoms with Gasteiger partial charge in [0.2, 0.25) is 0 Å². The van der Waals surface area contributed by atoms with E-state index >= 15 is 0 Å². The number of hydrogen-bond donors (Lipinski definition) is 1. The lowest BCUT2D eigenvalue weighted by Crippen LogP contribution is -2.35. The smallest absolute Gasteiger partial charge is 0.320 e. The standard InChI is InChI=1S/C12H13ClN2O4/c13-9-3-4-10(15(18)19)8(6-9)7-14-5-1-2-11(14)12(16)17/h3-4,6,11H,1-2,5,7H2,(H,16,17). The molecule has 1 aromatic carbocycles. The summed E-state index contributed by atoms with van der Waals surface area (Å²) in [5.41, 5.74) is 0.422. The number of nitro groups is 1. The Hall–Kier alpha value is -1.66. The molecule has 1 saturated heterocycles. The Morgan fingerprint density at radius 3 is 2.95 bits per heavy atom. The fourth-order valence-electron chi connectivity index (χ4n) is 2.37. The number of halogens is 1. The monoisotopic (exact) mass is 284 g/mol. The highest BCUT2D eigenvalue weighted by atomic mass is 35.5. The van der Waals surface area contributed by atoms with E-state index in [0.717, 1.165) is 6.42 Å². The summed E-state index contributed by atoms with van der Waals surface area (Å²) in [4.78, 5) is 23.3. The lowest BCUT2D eigenvalue weighted by atomic mass is 10.1. The maximum absolute atomic E-state index is 11.1. The van der Waals surface area contributed by atoms with Gasteiger partial charge >= 0.3 is 5.97 Å². The first-order valence-electron chi connectivity index (χ1n) is 5.88. The van der Waals surface area contributed by atoms with Crippen LogP contribution in [0, 0.1) is 10.1 Å². The second kappa shape index (κ2) is 5.54. The fourth-order valence-corrected chi connectivity index (χ4v) is 2.57. The van der Waals surface area contributed by atoms with Gasteiger partial charge in [0, 0.05) is 23.2 Å². The summed E-state index contributed by atoms with van der Waals surface area (Å²) in [5.74, 6) is -0.887. The van der Waals surface area contributed by atoms with Crippen LogP contribution < -0.4 is 0 Å². The molecule has 0 bridgehead atoms. The molecule has 2 rings (SSSR count). The maximum Gasteiger partial charge on any atom is 0.320 e. The maximum atomic E-state index is 11.1. The highest BCUT2D eigenvalue weighted by Gasteiger charge is 2.31. The van der Waals surface area contributed by atoms with Crippen molar-refractivity contribution in [1.82, 2.24) is 4.90 Å². The number of carboxylic acid groups (broad SMARTS) is 1. The summed E-state index contributed by atoms with van der Waals surface area (Å²) >= 11 is 5.85. The summed E-state index contributed by atoms with van der Waals surface area (Å²) in [7, 11) is 0. The molecule has 19 heavy (non-hydrogen) atoms. The summed E-state index contributed by atoms with van der Waals surface area (Å²) < 4.78 is 0. The Kier molecular flexibility index (Phi) is 4.01. The Morgan fingerprint density at radius 1 is 1.58 bits per heavy atom. The number of nitro benzene ring substituents is 1. The van der Waals surface area contributed by atoms with Crippen LogP contribution in [-0.2, 0) is 11.3 Å². The summed E-state index contributed by atoms with van der Waals surface area (Å²) in [5, 5.41) is 20.5. The third-order valence-corrected chi connectivity index (χ3v) is 3.50. The van der Waals surface area contributed by atoms with E-state index in [-0.39, 0.29) is 12.2 Å². The number of likely N-dealkylation sites (tertiary alicyclic amines) is 1. The molecule has 1 N–H and O–H groups in total. The van der Waals surface area contributed by atoms with Gasteiger partial charge in [-0.25, -0.2) is 0 Å². The summed E-state index contributed by atoms with van der Waals surface area (Å²) in [6, 6.07) is 3.76. The van der Waals surface area contributed by atoms with E-state index in [1.54, 1.807) is 4.90 Å². The molecule has 1 unspecified atom stereocenters. The van der Waals surface area contributed by atoms with Crippen molar-refractivity contribution >= 4 is 23.3 Å². The normalized spacial score (nSPS) is 19.5. The number of benzene rings is 1. The number of hydrogen-bond acceptors (Lipinski definition) is 4. The van der Waals surface area contributed by atoms with Crippen LogP contribution >= 0.6 is 11.6 Å². The summed E-state index contributed by atoms with van der Waals surface area (Å²) in [6.07, 6.45) is 1.36. The van der Waals surface area contributed by atoms with Gasteiger partial charge in [0.1, 0.15) is 6.04 Å². The van der Waals surface area contributed by atoms with Crippen LogP contribution in [-0.4, -0.2) is 33.5 Å². The zero-order valence-corrected chi connectivity index (χ0v) is 10.8. The first-order valence-corrected chi connectivity index (χ1v) is 6.26. The minimum atomic E-state index is -0.887. The fraction of sp³-hybridized carbons (Fsp3) is 0.417. The van der Waals surface area contributed by atoms with E-state index < -0.39 is 16.9 Å². The Bertz CT molecular complexity index is 520. The van der Waals surface area contributed by atoms with Gasteiger partial charge in [-0.2, -0.15) is 0 Å². The number of carboxylic acids is 1. The van der Waals surface area contributed by atoms with Crippen LogP contribution in [0.15, 0.2) is 18.2 Å². The van der Waals surface area contributed by atoms with Crippen LogP contribution in [0.2, 0.25) is 5.02 Å². The molecule has 6 nitrogen and oxygen atoms in total. The predicted octanol–water partition coefficient (Wildman–Crippen LogP) is 2.30. The van der Waals surface area contributed by atoms with Gasteiger partial charge in [0.05, 0.1) is 4.92 Å². The second-order valence-electron chi connectivity index (χ2n) is 4.50. The van der Waals surface area contributed by atoms with Crippen molar-refractivity contribution in [3.05, 3.63) is 38.9 Å². The van der Waals surface area contributed by atoms with Crippen LogP contribution in [0.25, 0.3) is 0 Å². The van der Waals surface area contributed by atoms with Crippen LogP contribution in [0.1, 0.15) is 18.4 Å².